The Labute approximate surface area is 127 Å². The van der Waals surface area contributed by atoms with Gasteiger partial charge in [-0.05, 0) is 44.4 Å². The molecular weight excluding hydrogens is 264 g/mol. The van der Waals surface area contributed by atoms with Gasteiger partial charge in [-0.15, -0.1) is 0 Å². The van der Waals surface area contributed by atoms with E-state index in [9.17, 15) is 0 Å². The molecule has 3 heteroatoms. The van der Waals surface area contributed by atoms with Gasteiger partial charge in [0, 0.05) is 48.9 Å². The number of nitrogens with zero attached hydrogens (tertiary/aromatic N) is 2. The van der Waals surface area contributed by atoms with E-state index in [4.69, 9.17) is 0 Å². The molecule has 2 heterocycles. The van der Waals surface area contributed by atoms with E-state index in [1.807, 2.05) is 0 Å². The van der Waals surface area contributed by atoms with E-state index >= 15 is 0 Å². The molecule has 0 bridgehead atoms. The third kappa shape index (κ3) is 3.15. The fraction of sp³-hybridized carbons (Fsp3) is 0.647. The summed E-state index contributed by atoms with van der Waals surface area (Å²) in [4.78, 5) is 5.12. The highest BCUT2D eigenvalue weighted by atomic mass is 32.2. The second-order valence-corrected chi connectivity index (χ2v) is 7.54. The Morgan fingerprint density at radius 1 is 1.05 bits per heavy atom. The molecule has 2 aliphatic heterocycles. The maximum atomic E-state index is 2.61. The van der Waals surface area contributed by atoms with E-state index in [2.05, 4.69) is 59.7 Å². The summed E-state index contributed by atoms with van der Waals surface area (Å²) in [7, 11) is 0. The van der Waals surface area contributed by atoms with Crippen LogP contribution in [0.2, 0.25) is 0 Å². The van der Waals surface area contributed by atoms with Crippen molar-refractivity contribution in [1.29, 1.82) is 0 Å². The molecule has 2 nitrogen and oxygen atoms in total. The summed E-state index contributed by atoms with van der Waals surface area (Å²) in [5.41, 5.74) is 2.91. The molecule has 20 heavy (non-hydrogen) atoms. The first-order chi connectivity index (χ1) is 9.74. The molecule has 0 amide bonds. The minimum absolute atomic E-state index is 0.652. The number of anilines is 1. The first-order valence-electron chi connectivity index (χ1n) is 7.94. The summed E-state index contributed by atoms with van der Waals surface area (Å²) in [5.74, 6) is 1.26. The largest absolute Gasteiger partial charge is 0.372 e. The zero-order valence-corrected chi connectivity index (χ0v) is 13.5. The Hall–Kier alpha value is -0.670. The van der Waals surface area contributed by atoms with Gasteiger partial charge >= 0.3 is 0 Å². The molecule has 0 aromatic heterocycles. The van der Waals surface area contributed by atoms with Gasteiger partial charge in [-0.1, -0.05) is 12.1 Å². The van der Waals surface area contributed by atoms with Crippen LogP contribution >= 0.6 is 11.8 Å². The molecule has 0 unspecified atom stereocenters. The van der Waals surface area contributed by atoms with Crippen molar-refractivity contribution < 1.29 is 0 Å². The summed E-state index contributed by atoms with van der Waals surface area (Å²) >= 11 is 2.12. The lowest BCUT2D eigenvalue weighted by Crippen LogP contribution is -2.39. The van der Waals surface area contributed by atoms with Crippen LogP contribution in [0.5, 0.6) is 0 Å². The van der Waals surface area contributed by atoms with E-state index < -0.39 is 0 Å². The highest BCUT2D eigenvalue weighted by Gasteiger charge is 2.23. The minimum Gasteiger partial charge on any atom is -0.372 e. The van der Waals surface area contributed by atoms with Crippen LogP contribution in [0.25, 0.3) is 0 Å². The van der Waals surface area contributed by atoms with E-state index in [1.165, 1.54) is 56.0 Å². The lowest BCUT2D eigenvalue weighted by Gasteiger charge is -2.35. The third-order valence-corrected chi connectivity index (χ3v) is 5.81. The second kappa shape index (κ2) is 6.40. The predicted octanol–water partition coefficient (Wildman–Crippen LogP) is 3.79. The average molecular weight is 290 g/mol. The van der Waals surface area contributed by atoms with Gasteiger partial charge in [0.05, 0.1) is 0 Å². The van der Waals surface area contributed by atoms with Gasteiger partial charge in [0.2, 0.25) is 0 Å². The fourth-order valence-electron chi connectivity index (χ4n) is 3.21. The van der Waals surface area contributed by atoms with Gasteiger partial charge in [-0.2, -0.15) is 11.8 Å². The van der Waals surface area contributed by atoms with Crippen LogP contribution in [0.4, 0.5) is 5.69 Å². The average Bonchev–Trinajstić information content (AvgIpc) is 3.02. The molecule has 0 aliphatic carbocycles. The molecule has 1 aromatic carbocycles. The van der Waals surface area contributed by atoms with Crippen molar-refractivity contribution in [2.75, 3.05) is 36.8 Å². The van der Waals surface area contributed by atoms with Crippen molar-refractivity contribution in [3.05, 3.63) is 29.8 Å². The molecule has 1 aromatic rings. The van der Waals surface area contributed by atoms with Gasteiger partial charge in [0.1, 0.15) is 0 Å². The van der Waals surface area contributed by atoms with Gasteiger partial charge in [0.25, 0.3) is 0 Å². The van der Waals surface area contributed by atoms with Crippen molar-refractivity contribution in [3.63, 3.8) is 0 Å². The Morgan fingerprint density at radius 3 is 2.40 bits per heavy atom. The van der Waals surface area contributed by atoms with Crippen molar-refractivity contribution in [2.24, 2.45) is 0 Å². The Bertz CT molecular complexity index is 423. The Morgan fingerprint density at radius 2 is 1.75 bits per heavy atom. The standard InChI is InChI=1S/C17H26N2S/c1-14(2)19-11-12-20-17(13-19)15-5-7-16(8-6-15)18-9-3-4-10-18/h5-8,14,17H,3-4,9-13H2,1-2H3/t17-/m0/s1. The SMILES string of the molecule is CC(C)N1CCS[C@H](c2ccc(N3CCCC3)cc2)C1. The maximum absolute atomic E-state index is 2.61. The zero-order valence-electron chi connectivity index (χ0n) is 12.7. The van der Waals surface area contributed by atoms with Crippen LogP contribution in [-0.4, -0.2) is 42.9 Å². The normalized spacial score (nSPS) is 24.6. The number of rotatable bonds is 3. The molecule has 1 atom stereocenters. The van der Waals surface area contributed by atoms with E-state index in [0.717, 1.165) is 0 Å². The van der Waals surface area contributed by atoms with Gasteiger partial charge < -0.3 is 4.90 Å². The molecule has 0 spiro atoms. The number of hydrogen-bond acceptors (Lipinski definition) is 3. The lowest BCUT2D eigenvalue weighted by molar-refractivity contribution is 0.230. The first-order valence-corrected chi connectivity index (χ1v) is 8.99. The van der Waals surface area contributed by atoms with Crippen LogP contribution in [0.15, 0.2) is 24.3 Å². The molecular formula is C17H26N2S. The number of thioether (sulfide) groups is 1. The third-order valence-electron chi connectivity index (χ3n) is 4.56. The topological polar surface area (TPSA) is 6.48 Å². The second-order valence-electron chi connectivity index (χ2n) is 6.23. The van der Waals surface area contributed by atoms with Crippen LogP contribution in [-0.2, 0) is 0 Å². The van der Waals surface area contributed by atoms with Gasteiger partial charge in [0.15, 0.2) is 0 Å². The van der Waals surface area contributed by atoms with Crippen LogP contribution in [0.1, 0.15) is 37.5 Å². The lowest BCUT2D eigenvalue weighted by atomic mass is 10.1. The van der Waals surface area contributed by atoms with Gasteiger partial charge in [-0.25, -0.2) is 0 Å². The highest BCUT2D eigenvalue weighted by molar-refractivity contribution is 7.99. The molecule has 2 fully saturated rings. The van der Waals surface area contributed by atoms with E-state index in [1.54, 1.807) is 0 Å². The van der Waals surface area contributed by atoms with E-state index in [-0.39, 0.29) is 0 Å². The van der Waals surface area contributed by atoms with Crippen LogP contribution in [0, 0.1) is 0 Å². The first kappa shape index (κ1) is 14.3. The summed E-state index contributed by atoms with van der Waals surface area (Å²) < 4.78 is 0. The molecule has 110 valence electrons. The predicted molar refractivity (Wildman–Crippen MR) is 89.8 cm³/mol. The number of benzene rings is 1. The minimum atomic E-state index is 0.652. The van der Waals surface area contributed by atoms with Crippen molar-refractivity contribution in [2.45, 2.75) is 38.0 Å². The van der Waals surface area contributed by atoms with Crippen molar-refractivity contribution >= 4 is 17.4 Å². The maximum Gasteiger partial charge on any atom is 0.0425 e. The summed E-state index contributed by atoms with van der Waals surface area (Å²) in [5, 5.41) is 0.652. The van der Waals surface area contributed by atoms with Crippen molar-refractivity contribution in [1.82, 2.24) is 4.90 Å². The van der Waals surface area contributed by atoms with Crippen LogP contribution < -0.4 is 4.90 Å². The monoisotopic (exact) mass is 290 g/mol. The molecule has 2 aliphatic rings. The smallest absolute Gasteiger partial charge is 0.0425 e. The molecule has 2 saturated heterocycles. The molecule has 0 radical (unpaired) electrons. The Balaban J connectivity index is 1.67. The molecule has 3 rings (SSSR count). The quantitative estimate of drug-likeness (QED) is 0.836. The number of hydrogen-bond donors (Lipinski definition) is 0. The van der Waals surface area contributed by atoms with E-state index in [0.29, 0.717) is 11.3 Å². The summed E-state index contributed by atoms with van der Waals surface area (Å²) in [6, 6.07) is 10.0. The fourth-order valence-corrected chi connectivity index (χ4v) is 4.49. The summed E-state index contributed by atoms with van der Waals surface area (Å²) in [6.07, 6.45) is 2.70. The zero-order chi connectivity index (χ0) is 13.9. The van der Waals surface area contributed by atoms with Crippen molar-refractivity contribution in [3.8, 4) is 0 Å². The van der Waals surface area contributed by atoms with Crippen LogP contribution in [0.3, 0.4) is 0 Å². The highest BCUT2D eigenvalue weighted by Crippen LogP contribution is 2.34. The Kier molecular flexibility index (Phi) is 4.57. The molecule has 0 saturated carbocycles. The molecule has 0 N–H and O–H groups in total. The summed E-state index contributed by atoms with van der Waals surface area (Å²) in [6.45, 7) is 9.53. The van der Waals surface area contributed by atoms with Gasteiger partial charge in [-0.3, -0.25) is 4.90 Å².